The summed E-state index contributed by atoms with van der Waals surface area (Å²) in [5.74, 6) is 5.68. The smallest absolute Gasteiger partial charge is 0.148 e. The second-order valence-corrected chi connectivity index (χ2v) is 5.03. The summed E-state index contributed by atoms with van der Waals surface area (Å²) in [6.45, 7) is 1.79. The minimum atomic E-state index is -0.505. The van der Waals surface area contributed by atoms with Gasteiger partial charge in [-0.2, -0.15) is 0 Å². The number of halogens is 3. The van der Waals surface area contributed by atoms with Crippen molar-refractivity contribution in [1.82, 2.24) is 5.43 Å². The first-order valence-electron chi connectivity index (χ1n) is 5.19. The number of aryl methyl sites for hydroxylation is 1. The zero-order valence-corrected chi connectivity index (χ0v) is 11.8. The number of nitrogens with one attached hydrogen (secondary N) is 1. The Kier molecular flexibility index (Phi) is 4.07. The van der Waals surface area contributed by atoms with Gasteiger partial charge in [-0.25, -0.2) is 9.82 Å². The van der Waals surface area contributed by atoms with Gasteiger partial charge in [-0.3, -0.25) is 5.84 Å². The first kappa shape index (κ1) is 13.5. The average molecular weight is 334 g/mol. The Bertz CT molecular complexity index is 573. The maximum Gasteiger partial charge on any atom is 0.148 e. The second kappa shape index (κ2) is 5.40. The van der Waals surface area contributed by atoms with Crippen molar-refractivity contribution in [2.24, 2.45) is 5.84 Å². The summed E-state index contributed by atoms with van der Waals surface area (Å²) in [6, 6.07) is 4.55. The highest BCUT2D eigenvalue weighted by Gasteiger charge is 2.22. The molecule has 0 saturated carbocycles. The van der Waals surface area contributed by atoms with Crippen LogP contribution >= 0.6 is 27.5 Å². The molecule has 0 aliphatic rings. The summed E-state index contributed by atoms with van der Waals surface area (Å²) in [5.41, 5.74) is 3.72. The Balaban J connectivity index is 2.53. The van der Waals surface area contributed by atoms with Gasteiger partial charge in [0.05, 0.1) is 17.3 Å². The summed E-state index contributed by atoms with van der Waals surface area (Å²) >= 11 is 9.04. The molecule has 2 rings (SSSR count). The van der Waals surface area contributed by atoms with Crippen LogP contribution in [0.3, 0.4) is 0 Å². The molecular weight excluding hydrogens is 322 g/mol. The van der Waals surface area contributed by atoms with E-state index >= 15 is 0 Å². The van der Waals surface area contributed by atoms with Crippen molar-refractivity contribution in [3.05, 3.63) is 56.7 Å². The molecule has 0 aliphatic carbocycles. The molecule has 3 N–H and O–H groups in total. The monoisotopic (exact) mass is 332 g/mol. The highest BCUT2D eigenvalue weighted by Crippen LogP contribution is 2.33. The Labute approximate surface area is 117 Å². The van der Waals surface area contributed by atoms with Crippen molar-refractivity contribution in [3.63, 3.8) is 0 Å². The number of rotatable bonds is 3. The van der Waals surface area contributed by atoms with Crippen LogP contribution in [0.1, 0.15) is 22.9 Å². The van der Waals surface area contributed by atoms with Gasteiger partial charge in [0.15, 0.2) is 0 Å². The van der Waals surface area contributed by atoms with E-state index < -0.39 is 11.9 Å². The molecule has 0 bridgehead atoms. The maximum atomic E-state index is 14.1. The number of furan rings is 1. The van der Waals surface area contributed by atoms with E-state index in [1.165, 1.54) is 6.26 Å². The minimum absolute atomic E-state index is 0.0360. The molecule has 96 valence electrons. The van der Waals surface area contributed by atoms with Gasteiger partial charge < -0.3 is 4.42 Å². The van der Waals surface area contributed by atoms with E-state index in [0.717, 1.165) is 5.56 Å². The molecule has 1 atom stereocenters. The van der Waals surface area contributed by atoms with Crippen molar-refractivity contribution >= 4 is 27.5 Å². The van der Waals surface area contributed by atoms with E-state index in [9.17, 15) is 4.39 Å². The number of benzene rings is 1. The summed E-state index contributed by atoms with van der Waals surface area (Å²) < 4.78 is 19.8. The molecule has 6 heteroatoms. The number of hydrazine groups is 1. The third-order valence-electron chi connectivity index (χ3n) is 2.75. The van der Waals surface area contributed by atoms with Gasteiger partial charge >= 0.3 is 0 Å². The van der Waals surface area contributed by atoms with E-state index in [0.29, 0.717) is 15.8 Å². The number of hydrogen-bond donors (Lipinski definition) is 2. The molecule has 0 aliphatic heterocycles. The van der Waals surface area contributed by atoms with Gasteiger partial charge in [0.25, 0.3) is 0 Å². The van der Waals surface area contributed by atoms with Gasteiger partial charge in [0, 0.05) is 15.6 Å². The lowest BCUT2D eigenvalue weighted by Crippen LogP contribution is -2.29. The quantitative estimate of drug-likeness (QED) is 0.511. The first-order chi connectivity index (χ1) is 8.56. The van der Waals surface area contributed by atoms with Gasteiger partial charge in [0.2, 0.25) is 0 Å². The summed E-state index contributed by atoms with van der Waals surface area (Å²) in [7, 11) is 0. The zero-order chi connectivity index (χ0) is 13.3. The summed E-state index contributed by atoms with van der Waals surface area (Å²) in [6.07, 6.45) is 1.54. The van der Waals surface area contributed by atoms with Crippen molar-refractivity contribution in [2.75, 3.05) is 0 Å². The Hall–Kier alpha value is -0.880. The number of nitrogens with two attached hydrogens (primary N) is 1. The second-order valence-electron chi connectivity index (χ2n) is 3.80. The largest absolute Gasteiger partial charge is 0.469 e. The lowest BCUT2D eigenvalue weighted by Gasteiger charge is -2.17. The predicted octanol–water partition coefficient (Wildman–Crippen LogP) is 3.70. The van der Waals surface area contributed by atoms with Crippen LogP contribution in [0, 0.1) is 12.7 Å². The van der Waals surface area contributed by atoms with Crippen LogP contribution in [0.15, 0.2) is 33.4 Å². The molecule has 1 aromatic heterocycles. The lowest BCUT2D eigenvalue weighted by molar-refractivity contribution is 0.513. The molecule has 0 saturated heterocycles. The summed E-state index contributed by atoms with van der Waals surface area (Å²) in [4.78, 5) is 0. The van der Waals surface area contributed by atoms with Crippen LogP contribution in [-0.4, -0.2) is 0 Å². The SMILES string of the molecule is Cc1occc1C(NN)c1ccc(Br)c(Cl)c1F. The van der Waals surface area contributed by atoms with Gasteiger partial charge in [-0.05, 0) is 35.0 Å². The molecule has 1 unspecified atom stereocenters. The molecule has 3 nitrogen and oxygen atoms in total. The van der Waals surface area contributed by atoms with Crippen molar-refractivity contribution in [3.8, 4) is 0 Å². The molecule has 18 heavy (non-hydrogen) atoms. The molecule has 1 heterocycles. The molecule has 2 aromatic rings. The van der Waals surface area contributed by atoms with Crippen LogP contribution < -0.4 is 11.3 Å². The molecular formula is C12H11BrClFN2O. The molecule has 1 aromatic carbocycles. The fraction of sp³-hybridized carbons (Fsp3) is 0.167. The molecule has 0 amide bonds. The Morgan fingerprint density at radius 1 is 1.39 bits per heavy atom. The Morgan fingerprint density at radius 2 is 2.11 bits per heavy atom. The van der Waals surface area contributed by atoms with E-state index in [2.05, 4.69) is 21.4 Å². The van der Waals surface area contributed by atoms with Crippen LogP contribution in [0.5, 0.6) is 0 Å². The van der Waals surface area contributed by atoms with E-state index in [4.69, 9.17) is 21.9 Å². The van der Waals surface area contributed by atoms with Gasteiger partial charge in [-0.15, -0.1) is 0 Å². The normalized spacial score (nSPS) is 12.7. The highest BCUT2D eigenvalue weighted by molar-refractivity contribution is 9.10. The predicted molar refractivity (Wildman–Crippen MR) is 71.7 cm³/mol. The van der Waals surface area contributed by atoms with E-state index in [1.807, 2.05) is 0 Å². The van der Waals surface area contributed by atoms with E-state index in [-0.39, 0.29) is 5.02 Å². The first-order valence-corrected chi connectivity index (χ1v) is 6.37. The van der Waals surface area contributed by atoms with Crippen LogP contribution in [0.25, 0.3) is 0 Å². The topological polar surface area (TPSA) is 51.2 Å². The molecule has 0 spiro atoms. The Morgan fingerprint density at radius 3 is 2.67 bits per heavy atom. The standard InChI is InChI=1S/C12H11BrClFN2O/c1-6-7(4-5-18-6)12(17-16)8-2-3-9(13)10(14)11(8)15/h2-5,12,17H,16H2,1H3. The minimum Gasteiger partial charge on any atom is -0.469 e. The van der Waals surface area contributed by atoms with Crippen molar-refractivity contribution in [1.29, 1.82) is 0 Å². The van der Waals surface area contributed by atoms with Gasteiger partial charge in [0.1, 0.15) is 11.6 Å². The number of hydrogen-bond acceptors (Lipinski definition) is 3. The third-order valence-corrected chi connectivity index (χ3v) is 4.01. The van der Waals surface area contributed by atoms with Crippen molar-refractivity contribution < 1.29 is 8.81 Å². The van der Waals surface area contributed by atoms with E-state index in [1.54, 1.807) is 25.1 Å². The highest BCUT2D eigenvalue weighted by atomic mass is 79.9. The van der Waals surface area contributed by atoms with Gasteiger partial charge in [-0.1, -0.05) is 17.7 Å². The third kappa shape index (κ3) is 2.31. The molecule has 0 fully saturated rings. The zero-order valence-electron chi connectivity index (χ0n) is 9.51. The lowest BCUT2D eigenvalue weighted by atomic mass is 9.99. The fourth-order valence-electron chi connectivity index (χ4n) is 1.81. The fourth-order valence-corrected chi connectivity index (χ4v) is 2.28. The van der Waals surface area contributed by atoms with Crippen LogP contribution in [0.2, 0.25) is 5.02 Å². The molecule has 0 radical (unpaired) electrons. The maximum absolute atomic E-state index is 14.1. The van der Waals surface area contributed by atoms with Crippen molar-refractivity contribution in [2.45, 2.75) is 13.0 Å². The summed E-state index contributed by atoms with van der Waals surface area (Å²) in [5, 5.41) is 0.0360. The van der Waals surface area contributed by atoms with Crippen LogP contribution in [0.4, 0.5) is 4.39 Å². The average Bonchev–Trinajstić information content (AvgIpc) is 2.77. The van der Waals surface area contributed by atoms with Crippen LogP contribution in [-0.2, 0) is 0 Å².